The van der Waals surface area contributed by atoms with Crippen LogP contribution in [0.25, 0.3) is 0 Å². The Morgan fingerprint density at radius 2 is 2.00 bits per heavy atom. The summed E-state index contributed by atoms with van der Waals surface area (Å²) < 4.78 is 40.2. The van der Waals surface area contributed by atoms with Gasteiger partial charge in [-0.1, -0.05) is 17.7 Å². The van der Waals surface area contributed by atoms with E-state index >= 15 is 0 Å². The second-order valence-corrected chi connectivity index (χ2v) is 10.1. The zero-order valence-electron chi connectivity index (χ0n) is 17.2. The Morgan fingerprint density at radius 3 is 2.70 bits per heavy atom. The number of nitrogens with one attached hydrogen (secondary N) is 1. The quantitative estimate of drug-likeness (QED) is 0.721. The lowest BCUT2D eigenvalue weighted by Crippen LogP contribution is -2.33. The van der Waals surface area contributed by atoms with E-state index in [1.807, 2.05) is 17.9 Å². The van der Waals surface area contributed by atoms with Gasteiger partial charge < -0.3 is 10.2 Å². The summed E-state index contributed by atoms with van der Waals surface area (Å²) in [6, 6.07) is 7.66. The number of benzene rings is 2. The topological polar surface area (TPSA) is 69.7 Å². The van der Waals surface area contributed by atoms with Crippen molar-refractivity contribution in [2.45, 2.75) is 31.1 Å². The van der Waals surface area contributed by atoms with Crippen LogP contribution in [0.2, 0.25) is 5.02 Å². The molecule has 0 saturated carbocycles. The molecule has 0 aliphatic carbocycles. The fourth-order valence-electron chi connectivity index (χ4n) is 3.57. The van der Waals surface area contributed by atoms with Gasteiger partial charge in [-0.15, -0.1) is 0 Å². The number of rotatable bonds is 6. The van der Waals surface area contributed by atoms with E-state index in [0.717, 1.165) is 28.3 Å². The molecule has 1 heterocycles. The van der Waals surface area contributed by atoms with Gasteiger partial charge in [-0.05, 0) is 55.2 Å². The minimum Gasteiger partial charge on any atom is -0.368 e. The van der Waals surface area contributed by atoms with Gasteiger partial charge in [-0.3, -0.25) is 4.79 Å². The fraction of sp³-hybridized carbons (Fsp3) is 0.381. The summed E-state index contributed by atoms with van der Waals surface area (Å²) in [7, 11) is -0.790. The van der Waals surface area contributed by atoms with Crippen molar-refractivity contribution in [3.8, 4) is 0 Å². The molecule has 0 aromatic heterocycles. The highest BCUT2D eigenvalue weighted by atomic mass is 35.5. The maximum atomic E-state index is 14.5. The van der Waals surface area contributed by atoms with Crippen molar-refractivity contribution in [2.75, 3.05) is 37.4 Å². The second kappa shape index (κ2) is 8.91. The standard InChI is InChI=1S/C21H25ClFN3O3S/c1-14-11-15-5-4-9-26(21(15)18(23)12-14)10-8-20(27)24-19-13-16(6-7-17(19)22)30(28,29)25(2)3/h6-7,11-13H,4-5,8-10H2,1-3H3,(H,24,27). The molecule has 1 aliphatic rings. The Labute approximate surface area is 181 Å². The lowest BCUT2D eigenvalue weighted by Gasteiger charge is -2.31. The minimum atomic E-state index is -3.65. The number of amides is 1. The van der Waals surface area contributed by atoms with Crippen LogP contribution in [0.15, 0.2) is 35.2 Å². The molecule has 3 rings (SSSR count). The molecule has 0 atom stereocenters. The summed E-state index contributed by atoms with van der Waals surface area (Å²) in [5.74, 6) is -0.592. The molecular weight excluding hydrogens is 429 g/mol. The molecule has 1 aliphatic heterocycles. The normalized spacial score (nSPS) is 14.0. The molecule has 0 spiro atoms. The largest absolute Gasteiger partial charge is 0.368 e. The Hall–Kier alpha value is -2.16. The van der Waals surface area contributed by atoms with Gasteiger partial charge in [-0.2, -0.15) is 0 Å². The van der Waals surface area contributed by atoms with Crippen LogP contribution in [0.4, 0.5) is 15.8 Å². The molecule has 0 radical (unpaired) electrons. The van der Waals surface area contributed by atoms with Crippen LogP contribution in [0.1, 0.15) is 24.0 Å². The zero-order valence-corrected chi connectivity index (χ0v) is 18.8. The van der Waals surface area contributed by atoms with Gasteiger partial charge in [0.2, 0.25) is 15.9 Å². The molecule has 0 saturated heterocycles. The van der Waals surface area contributed by atoms with E-state index in [-0.39, 0.29) is 33.8 Å². The Bertz CT molecular complexity index is 1070. The lowest BCUT2D eigenvalue weighted by atomic mass is 9.99. The molecule has 1 N–H and O–H groups in total. The smallest absolute Gasteiger partial charge is 0.242 e. The number of nitrogens with zero attached hydrogens (tertiary/aromatic N) is 2. The fourth-order valence-corrected chi connectivity index (χ4v) is 4.66. The van der Waals surface area contributed by atoms with Crippen molar-refractivity contribution in [1.82, 2.24) is 4.31 Å². The molecule has 30 heavy (non-hydrogen) atoms. The van der Waals surface area contributed by atoms with Crippen LogP contribution >= 0.6 is 11.6 Å². The molecule has 0 bridgehead atoms. The number of fused-ring (bicyclic) bond motifs is 1. The van der Waals surface area contributed by atoms with Gasteiger partial charge in [0.25, 0.3) is 0 Å². The van der Waals surface area contributed by atoms with Gasteiger partial charge >= 0.3 is 0 Å². The number of carbonyl (C=O) groups is 1. The molecule has 6 nitrogen and oxygen atoms in total. The number of hydrogen-bond donors (Lipinski definition) is 1. The number of hydrogen-bond acceptors (Lipinski definition) is 4. The average Bonchev–Trinajstić information content (AvgIpc) is 2.67. The van der Waals surface area contributed by atoms with Gasteiger partial charge in [-0.25, -0.2) is 17.1 Å². The first-order chi connectivity index (χ1) is 14.1. The molecular formula is C21H25ClFN3O3S. The maximum absolute atomic E-state index is 14.5. The number of anilines is 2. The first kappa shape index (κ1) is 22.5. The van der Waals surface area contributed by atoms with Crippen molar-refractivity contribution in [1.29, 1.82) is 0 Å². The number of aryl methyl sites for hydroxylation is 2. The summed E-state index contributed by atoms with van der Waals surface area (Å²) in [5.41, 5.74) is 2.64. The highest BCUT2D eigenvalue weighted by molar-refractivity contribution is 7.89. The number of sulfonamides is 1. The number of carbonyl (C=O) groups excluding carboxylic acids is 1. The van der Waals surface area contributed by atoms with Crippen LogP contribution in [-0.4, -0.2) is 45.8 Å². The molecule has 2 aromatic carbocycles. The third-order valence-electron chi connectivity index (χ3n) is 5.08. The zero-order chi connectivity index (χ0) is 22.1. The van der Waals surface area contributed by atoms with Crippen molar-refractivity contribution in [2.24, 2.45) is 0 Å². The highest BCUT2D eigenvalue weighted by Gasteiger charge is 2.22. The average molecular weight is 454 g/mol. The Kier molecular flexibility index (Phi) is 6.69. The SMILES string of the molecule is Cc1cc(F)c2c(c1)CCCN2CCC(=O)Nc1cc(S(=O)(=O)N(C)C)ccc1Cl. The van der Waals surface area contributed by atoms with E-state index in [2.05, 4.69) is 5.32 Å². The van der Waals surface area contributed by atoms with E-state index in [0.29, 0.717) is 18.8 Å². The Balaban J connectivity index is 1.71. The van der Waals surface area contributed by atoms with E-state index in [1.54, 1.807) is 0 Å². The van der Waals surface area contributed by atoms with Crippen molar-refractivity contribution in [3.63, 3.8) is 0 Å². The Morgan fingerprint density at radius 1 is 1.27 bits per heavy atom. The van der Waals surface area contributed by atoms with Crippen molar-refractivity contribution in [3.05, 3.63) is 52.3 Å². The molecule has 162 valence electrons. The van der Waals surface area contributed by atoms with E-state index in [4.69, 9.17) is 11.6 Å². The van der Waals surface area contributed by atoms with Crippen LogP contribution in [0, 0.1) is 12.7 Å². The third-order valence-corrected chi connectivity index (χ3v) is 7.22. The minimum absolute atomic E-state index is 0.0367. The van der Waals surface area contributed by atoms with Crippen LogP contribution in [-0.2, 0) is 21.2 Å². The first-order valence-electron chi connectivity index (χ1n) is 9.65. The predicted octanol–water partition coefficient (Wildman–Crippen LogP) is 3.82. The monoisotopic (exact) mass is 453 g/mol. The van der Waals surface area contributed by atoms with E-state index in [1.165, 1.54) is 38.4 Å². The van der Waals surface area contributed by atoms with Crippen LogP contribution in [0.3, 0.4) is 0 Å². The predicted molar refractivity (Wildman–Crippen MR) is 117 cm³/mol. The molecule has 0 fully saturated rings. The maximum Gasteiger partial charge on any atom is 0.242 e. The summed E-state index contributed by atoms with van der Waals surface area (Å²) in [4.78, 5) is 14.4. The first-order valence-corrected chi connectivity index (χ1v) is 11.5. The molecule has 1 amide bonds. The third kappa shape index (κ3) is 4.77. The van der Waals surface area contributed by atoms with Crippen molar-refractivity contribution >= 4 is 38.9 Å². The summed E-state index contributed by atoms with van der Waals surface area (Å²) >= 11 is 6.14. The van der Waals surface area contributed by atoms with Gasteiger partial charge in [0.15, 0.2) is 0 Å². The van der Waals surface area contributed by atoms with Crippen LogP contribution < -0.4 is 10.2 Å². The molecule has 0 unspecified atom stereocenters. The van der Waals surface area contributed by atoms with Crippen LogP contribution in [0.5, 0.6) is 0 Å². The highest BCUT2D eigenvalue weighted by Crippen LogP contribution is 2.31. The summed E-state index contributed by atoms with van der Waals surface area (Å²) in [6.45, 7) is 2.90. The van der Waals surface area contributed by atoms with E-state index < -0.39 is 10.0 Å². The summed E-state index contributed by atoms with van der Waals surface area (Å²) in [5, 5.41) is 2.92. The second-order valence-electron chi connectivity index (χ2n) is 7.57. The van der Waals surface area contributed by atoms with E-state index in [9.17, 15) is 17.6 Å². The lowest BCUT2D eigenvalue weighted by molar-refractivity contribution is -0.116. The molecule has 9 heteroatoms. The molecule has 2 aromatic rings. The number of halogens is 2. The summed E-state index contributed by atoms with van der Waals surface area (Å²) in [6.07, 6.45) is 1.83. The van der Waals surface area contributed by atoms with Gasteiger partial charge in [0, 0.05) is 33.6 Å². The van der Waals surface area contributed by atoms with Gasteiger partial charge in [0.1, 0.15) is 5.82 Å². The van der Waals surface area contributed by atoms with Gasteiger partial charge in [0.05, 0.1) is 21.3 Å². The van der Waals surface area contributed by atoms with Crippen molar-refractivity contribution < 1.29 is 17.6 Å².